The maximum Gasteiger partial charge on any atom is 0.387 e. The summed E-state index contributed by atoms with van der Waals surface area (Å²) in [6.07, 6.45) is 10.1. The van der Waals surface area contributed by atoms with Gasteiger partial charge < -0.3 is 0 Å². The summed E-state index contributed by atoms with van der Waals surface area (Å²) < 4.78 is 0. The summed E-state index contributed by atoms with van der Waals surface area (Å²) in [6.45, 7) is 2.20. The van der Waals surface area contributed by atoms with Gasteiger partial charge in [0.25, 0.3) is 0 Å². The Morgan fingerprint density at radius 1 is 0.538 bits per heavy atom. The zero-order valence-corrected chi connectivity index (χ0v) is 22.5. The van der Waals surface area contributed by atoms with Crippen molar-refractivity contribution in [3.63, 3.8) is 0 Å². The first kappa shape index (κ1) is 29.5. The molecule has 0 aliphatic carbocycles. The molecule has 3 aromatic rings. The van der Waals surface area contributed by atoms with Gasteiger partial charge in [-0.05, 0) is 12.5 Å². The average molecular weight is 529 g/mol. The van der Waals surface area contributed by atoms with Crippen LogP contribution in [0.3, 0.4) is 0 Å². The van der Waals surface area contributed by atoms with Crippen molar-refractivity contribution in [2.24, 2.45) is 0 Å². The molecule has 39 heavy (non-hydrogen) atoms. The van der Waals surface area contributed by atoms with Gasteiger partial charge in [0.15, 0.2) is 11.6 Å². The summed E-state index contributed by atoms with van der Waals surface area (Å²) in [6, 6.07) is 21.2. The van der Waals surface area contributed by atoms with Crippen LogP contribution in [0.5, 0.6) is 0 Å². The van der Waals surface area contributed by atoms with Gasteiger partial charge in [-0.2, -0.15) is 0 Å². The summed E-state index contributed by atoms with van der Waals surface area (Å²) in [5.41, 5.74) is 0.490. The molecule has 0 atom stereocenters. The van der Waals surface area contributed by atoms with E-state index in [9.17, 15) is 19.2 Å². The zero-order chi connectivity index (χ0) is 27.9. The topological polar surface area (TPSA) is 86.7 Å². The molecule has 0 fully saturated rings. The Morgan fingerprint density at radius 3 is 1.64 bits per heavy atom. The summed E-state index contributed by atoms with van der Waals surface area (Å²) in [7, 11) is 0. The molecule has 0 spiro atoms. The van der Waals surface area contributed by atoms with Gasteiger partial charge >= 0.3 is 11.9 Å². The van der Waals surface area contributed by atoms with E-state index in [1.165, 1.54) is 50.3 Å². The van der Waals surface area contributed by atoms with Crippen molar-refractivity contribution >= 4 is 23.5 Å². The van der Waals surface area contributed by atoms with Crippen LogP contribution in [0.1, 0.15) is 113 Å². The molecule has 3 rings (SSSR count). The molecule has 204 valence electrons. The number of hydrogen-bond donors (Lipinski definition) is 0. The molecular formula is C33H36O6. The van der Waals surface area contributed by atoms with Gasteiger partial charge in [-0.1, -0.05) is 131 Å². The van der Waals surface area contributed by atoms with Crippen LogP contribution in [-0.4, -0.2) is 23.5 Å². The highest BCUT2D eigenvalue weighted by atomic mass is 17.2. The van der Waals surface area contributed by atoms with Gasteiger partial charge in [-0.15, -0.1) is 0 Å². The van der Waals surface area contributed by atoms with Crippen molar-refractivity contribution in [1.29, 1.82) is 0 Å². The second-order valence-corrected chi connectivity index (χ2v) is 9.52. The van der Waals surface area contributed by atoms with E-state index in [2.05, 4.69) is 6.92 Å². The second kappa shape index (κ2) is 16.0. The maximum atomic E-state index is 13.5. The maximum absolute atomic E-state index is 13.5. The molecule has 0 N–H and O–H groups in total. The molecule has 0 bridgehead atoms. The molecule has 3 aromatic carbocycles. The van der Waals surface area contributed by atoms with Gasteiger partial charge in [0.2, 0.25) is 0 Å². The first-order valence-electron chi connectivity index (χ1n) is 13.8. The summed E-state index contributed by atoms with van der Waals surface area (Å²) in [5.74, 6) is -2.59. The van der Waals surface area contributed by atoms with E-state index in [1.807, 2.05) is 0 Å². The number of benzene rings is 3. The molecule has 6 heteroatoms. The Kier molecular flexibility index (Phi) is 12.1. The lowest BCUT2D eigenvalue weighted by molar-refractivity contribution is -0.234. The first-order valence-corrected chi connectivity index (χ1v) is 13.8. The smallest absolute Gasteiger partial charge is 0.289 e. The predicted octanol–water partition coefficient (Wildman–Crippen LogP) is 7.68. The molecular weight excluding hydrogens is 492 g/mol. The Hall–Kier alpha value is -4.06. The lowest BCUT2D eigenvalue weighted by atomic mass is 9.89. The Balaban J connectivity index is 1.65. The van der Waals surface area contributed by atoms with E-state index < -0.39 is 23.5 Å². The van der Waals surface area contributed by atoms with Gasteiger partial charge in [0.1, 0.15) is 0 Å². The average Bonchev–Trinajstić information content (AvgIpc) is 2.98. The van der Waals surface area contributed by atoms with Crippen molar-refractivity contribution in [3.05, 3.63) is 107 Å². The fourth-order valence-electron chi connectivity index (χ4n) is 4.39. The van der Waals surface area contributed by atoms with Gasteiger partial charge in [-0.25, -0.2) is 19.4 Å². The predicted molar refractivity (Wildman–Crippen MR) is 150 cm³/mol. The van der Waals surface area contributed by atoms with Crippen LogP contribution in [0.15, 0.2) is 78.9 Å². The summed E-state index contributed by atoms with van der Waals surface area (Å²) >= 11 is 0. The molecule has 0 radical (unpaired) electrons. The third-order valence-electron chi connectivity index (χ3n) is 6.52. The number of carbonyl (C=O) groups is 4. The Labute approximate surface area is 230 Å². The van der Waals surface area contributed by atoms with E-state index in [1.54, 1.807) is 60.7 Å². The summed E-state index contributed by atoms with van der Waals surface area (Å²) in [4.78, 5) is 61.6. The Bertz CT molecular complexity index is 1230. The van der Waals surface area contributed by atoms with Crippen LogP contribution in [0.25, 0.3) is 0 Å². The lowest BCUT2D eigenvalue weighted by Crippen LogP contribution is -2.19. The number of carbonyl (C=O) groups excluding carboxylic acids is 4. The number of ketones is 2. The molecule has 0 unspecified atom stereocenters. The van der Waals surface area contributed by atoms with E-state index in [0.29, 0.717) is 17.5 Å². The molecule has 0 heterocycles. The van der Waals surface area contributed by atoms with Crippen molar-refractivity contribution in [3.8, 4) is 0 Å². The van der Waals surface area contributed by atoms with Crippen molar-refractivity contribution in [2.45, 2.75) is 71.1 Å². The minimum atomic E-state index is -1.02. The minimum Gasteiger partial charge on any atom is -0.289 e. The molecule has 0 saturated carbocycles. The highest BCUT2D eigenvalue weighted by Gasteiger charge is 2.27. The Morgan fingerprint density at radius 2 is 1.05 bits per heavy atom. The SMILES string of the molecule is CCCCCCCCCCCC(=O)OOC(=O)c1cccc(C(=O)c2ccccc2)c1C(=O)c1ccccc1. The van der Waals surface area contributed by atoms with Crippen LogP contribution in [-0.2, 0) is 14.6 Å². The summed E-state index contributed by atoms with van der Waals surface area (Å²) in [5, 5.41) is 0. The van der Waals surface area contributed by atoms with Crippen LogP contribution in [0.4, 0.5) is 0 Å². The molecule has 0 aliphatic rings. The monoisotopic (exact) mass is 528 g/mol. The molecule has 0 saturated heterocycles. The first-order chi connectivity index (χ1) is 19.0. The third kappa shape index (κ3) is 9.02. The fourth-order valence-corrected chi connectivity index (χ4v) is 4.39. The van der Waals surface area contributed by atoms with Crippen LogP contribution in [0, 0.1) is 0 Å². The van der Waals surface area contributed by atoms with Gasteiger partial charge in [0.05, 0.1) is 12.0 Å². The normalized spacial score (nSPS) is 10.6. The van der Waals surface area contributed by atoms with Gasteiger partial charge in [-0.3, -0.25) is 9.59 Å². The second-order valence-electron chi connectivity index (χ2n) is 9.52. The minimum absolute atomic E-state index is 0.0607. The van der Waals surface area contributed by atoms with E-state index in [0.717, 1.165) is 19.3 Å². The van der Waals surface area contributed by atoms with Gasteiger partial charge in [0, 0.05) is 22.3 Å². The zero-order valence-electron chi connectivity index (χ0n) is 22.5. The van der Waals surface area contributed by atoms with Crippen molar-refractivity contribution in [2.75, 3.05) is 0 Å². The lowest BCUT2D eigenvalue weighted by Gasteiger charge is -2.13. The fraction of sp³-hybridized carbons (Fsp3) is 0.333. The number of hydrogen-bond acceptors (Lipinski definition) is 6. The van der Waals surface area contributed by atoms with Crippen LogP contribution in [0.2, 0.25) is 0 Å². The molecule has 0 aliphatic heterocycles. The van der Waals surface area contributed by atoms with Crippen molar-refractivity contribution < 1.29 is 29.0 Å². The van der Waals surface area contributed by atoms with Crippen LogP contribution < -0.4 is 0 Å². The van der Waals surface area contributed by atoms with Crippen molar-refractivity contribution in [1.82, 2.24) is 0 Å². The quantitative estimate of drug-likeness (QED) is 0.0870. The van der Waals surface area contributed by atoms with Crippen LogP contribution >= 0.6 is 0 Å². The standard InChI is InChI=1S/C33H36O6/c1-2-3-4-5-6-7-8-9-16-24-29(34)38-39-33(37)28-23-17-22-27(31(35)25-18-12-10-13-19-25)30(28)32(36)26-20-14-11-15-21-26/h10-15,17-23H,2-9,16,24H2,1H3. The molecule has 0 aromatic heterocycles. The molecule has 6 nitrogen and oxygen atoms in total. The largest absolute Gasteiger partial charge is 0.387 e. The highest BCUT2D eigenvalue weighted by Crippen LogP contribution is 2.23. The highest BCUT2D eigenvalue weighted by molar-refractivity contribution is 6.22. The van der Waals surface area contributed by atoms with E-state index in [-0.39, 0.29) is 23.1 Å². The number of unbranched alkanes of at least 4 members (excludes halogenated alkanes) is 8. The van der Waals surface area contributed by atoms with E-state index >= 15 is 0 Å². The molecule has 0 amide bonds. The number of rotatable bonds is 15. The van der Waals surface area contributed by atoms with E-state index in [4.69, 9.17) is 9.78 Å². The third-order valence-corrected chi connectivity index (χ3v) is 6.52.